The second-order valence-corrected chi connectivity index (χ2v) is 10.5. The Hall–Kier alpha value is -6.14. The first-order chi connectivity index (χ1) is 21.8. The molecule has 0 aliphatic heterocycles. The van der Waals surface area contributed by atoms with E-state index in [0.29, 0.717) is 34.9 Å². The van der Waals surface area contributed by atoms with Crippen LogP contribution in [-0.2, 0) is 0 Å². The van der Waals surface area contributed by atoms with Crippen LogP contribution in [0.25, 0.3) is 78.7 Å². The zero-order chi connectivity index (χ0) is 29.3. The van der Waals surface area contributed by atoms with Gasteiger partial charge in [0.2, 0.25) is 11.6 Å². The number of rotatable bonds is 5. The lowest BCUT2D eigenvalue weighted by Gasteiger charge is -2.11. The molecule has 0 saturated carbocycles. The predicted octanol–water partition coefficient (Wildman–Crippen LogP) is 8.70. The fourth-order valence-electron chi connectivity index (χ4n) is 5.30. The molecule has 8 aromatic rings. The minimum atomic E-state index is 0.378. The van der Waals surface area contributed by atoms with Gasteiger partial charge in [-0.1, -0.05) is 133 Å². The van der Waals surface area contributed by atoms with E-state index in [1.807, 2.05) is 97.1 Å². The van der Waals surface area contributed by atoms with Crippen molar-refractivity contribution in [2.45, 2.75) is 0 Å². The van der Waals surface area contributed by atoms with Crippen molar-refractivity contribution < 1.29 is 0 Å². The summed E-state index contributed by atoms with van der Waals surface area (Å²) in [7, 11) is 0. The molecule has 0 radical (unpaired) electrons. The van der Waals surface area contributed by atoms with E-state index in [4.69, 9.17) is 29.9 Å². The standard InChI is InChI=1S/C38H24N6/c1-3-13-27(14-4-1)33-39-35(31-21-19-25-11-7-9-17-29(25)23-31)43-37(41-33)38-42-34(28-15-5-2-6-16-28)40-36(44-38)32-22-20-26-12-8-10-18-30(26)24-32/h1-24H. The molecule has 6 nitrogen and oxygen atoms in total. The maximum atomic E-state index is 4.95. The smallest absolute Gasteiger partial charge is 0.202 e. The number of nitrogens with zero attached hydrogens (tertiary/aromatic N) is 6. The Balaban J connectivity index is 1.35. The third-order valence-corrected chi connectivity index (χ3v) is 7.55. The van der Waals surface area contributed by atoms with Gasteiger partial charge in [-0.25, -0.2) is 29.9 Å². The normalized spacial score (nSPS) is 11.2. The number of hydrogen-bond acceptors (Lipinski definition) is 6. The fourth-order valence-corrected chi connectivity index (χ4v) is 5.30. The monoisotopic (exact) mass is 564 g/mol. The second-order valence-electron chi connectivity index (χ2n) is 10.5. The Bertz CT molecular complexity index is 2120. The van der Waals surface area contributed by atoms with Crippen LogP contribution in [0.3, 0.4) is 0 Å². The molecule has 0 unspecified atom stereocenters. The lowest BCUT2D eigenvalue weighted by Crippen LogP contribution is -2.05. The van der Waals surface area contributed by atoms with Gasteiger partial charge in [-0.05, 0) is 33.7 Å². The van der Waals surface area contributed by atoms with E-state index in [2.05, 4.69) is 48.5 Å². The topological polar surface area (TPSA) is 77.3 Å². The van der Waals surface area contributed by atoms with Gasteiger partial charge in [0, 0.05) is 22.3 Å². The maximum Gasteiger partial charge on any atom is 0.202 e. The minimum Gasteiger partial charge on any atom is -0.208 e. The van der Waals surface area contributed by atoms with Gasteiger partial charge in [0.05, 0.1) is 0 Å². The molecule has 8 rings (SSSR count). The molecule has 44 heavy (non-hydrogen) atoms. The van der Waals surface area contributed by atoms with Gasteiger partial charge in [0.25, 0.3) is 0 Å². The molecule has 0 fully saturated rings. The highest BCUT2D eigenvalue weighted by Gasteiger charge is 2.18. The van der Waals surface area contributed by atoms with Gasteiger partial charge in [-0.3, -0.25) is 0 Å². The lowest BCUT2D eigenvalue weighted by atomic mass is 10.1. The first-order valence-electron chi connectivity index (χ1n) is 14.4. The van der Waals surface area contributed by atoms with Crippen molar-refractivity contribution in [2.24, 2.45) is 0 Å². The van der Waals surface area contributed by atoms with Crippen LogP contribution >= 0.6 is 0 Å². The van der Waals surface area contributed by atoms with E-state index in [0.717, 1.165) is 43.8 Å². The molecule has 206 valence electrons. The minimum absolute atomic E-state index is 0.378. The Morgan fingerprint density at radius 2 is 0.545 bits per heavy atom. The van der Waals surface area contributed by atoms with Crippen molar-refractivity contribution >= 4 is 21.5 Å². The molecule has 0 spiro atoms. The van der Waals surface area contributed by atoms with Gasteiger partial charge in [0.1, 0.15) is 0 Å². The summed E-state index contributed by atoms with van der Waals surface area (Å²) in [5, 5.41) is 4.52. The van der Waals surface area contributed by atoms with Crippen molar-refractivity contribution in [1.82, 2.24) is 29.9 Å². The van der Waals surface area contributed by atoms with Crippen LogP contribution in [-0.4, -0.2) is 29.9 Å². The summed E-state index contributed by atoms with van der Waals surface area (Å²) in [5.41, 5.74) is 3.53. The number of hydrogen-bond donors (Lipinski definition) is 0. The fraction of sp³-hybridized carbons (Fsp3) is 0. The van der Waals surface area contributed by atoms with E-state index in [1.165, 1.54) is 0 Å². The van der Waals surface area contributed by atoms with Crippen LogP contribution in [0, 0.1) is 0 Å². The summed E-state index contributed by atoms with van der Waals surface area (Å²) in [6.07, 6.45) is 0. The number of aromatic nitrogens is 6. The first-order valence-corrected chi connectivity index (χ1v) is 14.4. The van der Waals surface area contributed by atoms with Gasteiger partial charge < -0.3 is 0 Å². The van der Waals surface area contributed by atoms with Crippen molar-refractivity contribution in [1.29, 1.82) is 0 Å². The molecule has 0 amide bonds. The Labute approximate surface area is 253 Å². The summed E-state index contributed by atoms with van der Waals surface area (Å²) < 4.78 is 0. The average Bonchev–Trinajstić information content (AvgIpc) is 3.11. The summed E-state index contributed by atoms with van der Waals surface area (Å²) in [6.45, 7) is 0. The first kappa shape index (κ1) is 25.6. The van der Waals surface area contributed by atoms with Crippen LogP contribution in [0.1, 0.15) is 0 Å². The van der Waals surface area contributed by atoms with Crippen molar-refractivity contribution in [3.8, 4) is 57.2 Å². The van der Waals surface area contributed by atoms with Crippen LogP contribution < -0.4 is 0 Å². The molecule has 0 aliphatic rings. The van der Waals surface area contributed by atoms with E-state index >= 15 is 0 Å². The number of benzene rings is 6. The van der Waals surface area contributed by atoms with Crippen LogP contribution in [0.5, 0.6) is 0 Å². The molecule has 0 aliphatic carbocycles. The highest BCUT2D eigenvalue weighted by molar-refractivity contribution is 5.87. The van der Waals surface area contributed by atoms with E-state index < -0.39 is 0 Å². The third kappa shape index (κ3) is 4.95. The zero-order valence-electron chi connectivity index (χ0n) is 23.5. The molecule has 0 bridgehead atoms. The Morgan fingerprint density at radius 3 is 0.955 bits per heavy atom. The molecular formula is C38H24N6. The van der Waals surface area contributed by atoms with Gasteiger partial charge in [-0.15, -0.1) is 0 Å². The van der Waals surface area contributed by atoms with Gasteiger partial charge in [-0.2, -0.15) is 0 Å². The molecule has 0 atom stereocenters. The summed E-state index contributed by atoms with van der Waals surface area (Å²) >= 11 is 0. The van der Waals surface area contributed by atoms with Gasteiger partial charge >= 0.3 is 0 Å². The molecule has 0 N–H and O–H groups in total. The summed E-state index contributed by atoms with van der Waals surface area (Å²) in [4.78, 5) is 29.5. The summed E-state index contributed by atoms with van der Waals surface area (Å²) in [6, 6.07) is 48.8. The Morgan fingerprint density at radius 1 is 0.227 bits per heavy atom. The average molecular weight is 565 g/mol. The Kier molecular flexibility index (Phi) is 6.35. The lowest BCUT2D eigenvalue weighted by molar-refractivity contribution is 1.00. The second kappa shape index (κ2) is 10.9. The van der Waals surface area contributed by atoms with Crippen molar-refractivity contribution in [2.75, 3.05) is 0 Å². The molecule has 2 heterocycles. The van der Waals surface area contributed by atoms with E-state index in [9.17, 15) is 0 Å². The third-order valence-electron chi connectivity index (χ3n) is 7.55. The zero-order valence-corrected chi connectivity index (χ0v) is 23.5. The highest BCUT2D eigenvalue weighted by atomic mass is 15.1. The van der Waals surface area contributed by atoms with Crippen molar-refractivity contribution in [3.05, 3.63) is 146 Å². The molecule has 2 aromatic heterocycles. The molecule has 0 saturated heterocycles. The SMILES string of the molecule is c1ccc(-c2nc(-c3ccc4ccccc4c3)nc(-c3nc(-c4ccccc4)nc(-c4ccc5ccccc5c4)n3)n2)cc1. The largest absolute Gasteiger partial charge is 0.208 e. The van der Waals surface area contributed by atoms with Crippen LogP contribution in [0.4, 0.5) is 0 Å². The molecular weight excluding hydrogens is 540 g/mol. The quantitative estimate of drug-likeness (QED) is 0.208. The maximum absolute atomic E-state index is 4.95. The number of fused-ring (bicyclic) bond motifs is 2. The molecule has 6 heteroatoms. The molecule has 6 aromatic carbocycles. The van der Waals surface area contributed by atoms with Crippen molar-refractivity contribution in [3.63, 3.8) is 0 Å². The van der Waals surface area contributed by atoms with Crippen LogP contribution in [0.15, 0.2) is 146 Å². The van der Waals surface area contributed by atoms with E-state index in [1.54, 1.807) is 0 Å². The predicted molar refractivity (Wildman–Crippen MR) is 175 cm³/mol. The van der Waals surface area contributed by atoms with Crippen LogP contribution in [0.2, 0.25) is 0 Å². The summed E-state index contributed by atoms with van der Waals surface area (Å²) in [5.74, 6) is 2.95. The van der Waals surface area contributed by atoms with E-state index in [-0.39, 0.29) is 0 Å². The van der Waals surface area contributed by atoms with Gasteiger partial charge in [0.15, 0.2) is 23.3 Å². The highest BCUT2D eigenvalue weighted by Crippen LogP contribution is 2.29.